The topological polar surface area (TPSA) is 84.3 Å². The van der Waals surface area contributed by atoms with Gasteiger partial charge in [-0.25, -0.2) is 14.8 Å². The zero-order valence-electron chi connectivity index (χ0n) is 10.8. The normalized spacial score (nSPS) is 10.2. The van der Waals surface area contributed by atoms with Crippen LogP contribution in [0.5, 0.6) is 5.75 Å². The second kappa shape index (κ2) is 5.75. The van der Waals surface area contributed by atoms with E-state index in [4.69, 9.17) is 21.4 Å². The number of hydrogen-bond acceptors (Lipinski definition) is 5. The van der Waals surface area contributed by atoms with Crippen molar-refractivity contribution >= 4 is 29.2 Å². The molecule has 0 aliphatic rings. The zero-order chi connectivity index (χ0) is 14.7. The second-order valence-electron chi connectivity index (χ2n) is 3.97. The van der Waals surface area contributed by atoms with Crippen molar-refractivity contribution in [2.75, 3.05) is 12.4 Å². The molecule has 0 saturated carbocycles. The number of halogens is 1. The largest absolute Gasteiger partial charge is 0.495 e. The Hall–Kier alpha value is -2.34. The summed E-state index contributed by atoms with van der Waals surface area (Å²) < 4.78 is 5.06. The molecule has 0 unspecified atom stereocenters. The molecule has 1 heterocycles. The van der Waals surface area contributed by atoms with Gasteiger partial charge in [-0.2, -0.15) is 0 Å². The van der Waals surface area contributed by atoms with Gasteiger partial charge in [-0.1, -0.05) is 11.6 Å². The molecule has 20 heavy (non-hydrogen) atoms. The Bertz CT molecular complexity index is 661. The van der Waals surface area contributed by atoms with Crippen molar-refractivity contribution in [1.82, 2.24) is 9.97 Å². The fourth-order valence-corrected chi connectivity index (χ4v) is 1.87. The molecule has 2 rings (SSSR count). The number of carboxylic acids is 1. The number of aromatic nitrogens is 2. The van der Waals surface area contributed by atoms with Gasteiger partial charge in [0.05, 0.1) is 23.4 Å². The lowest BCUT2D eigenvalue weighted by Crippen LogP contribution is -2.06. The SMILES string of the molecule is COc1ccc(Nc2ncc(C(=O)O)c(C)n2)cc1Cl. The molecule has 7 heteroatoms. The zero-order valence-corrected chi connectivity index (χ0v) is 11.6. The van der Waals surface area contributed by atoms with E-state index in [9.17, 15) is 4.79 Å². The number of nitrogens with one attached hydrogen (secondary N) is 1. The van der Waals surface area contributed by atoms with E-state index in [0.717, 1.165) is 0 Å². The van der Waals surface area contributed by atoms with Crippen LogP contribution in [0.1, 0.15) is 16.1 Å². The minimum Gasteiger partial charge on any atom is -0.495 e. The number of methoxy groups -OCH3 is 1. The predicted octanol–water partition coefficient (Wildman–Crippen LogP) is 2.89. The van der Waals surface area contributed by atoms with Crippen LogP contribution in [0.15, 0.2) is 24.4 Å². The Balaban J connectivity index is 2.24. The van der Waals surface area contributed by atoms with E-state index in [1.165, 1.54) is 13.3 Å². The Kier molecular flexibility index (Phi) is 4.05. The number of hydrogen-bond donors (Lipinski definition) is 2. The van der Waals surface area contributed by atoms with Crippen molar-refractivity contribution in [3.63, 3.8) is 0 Å². The lowest BCUT2D eigenvalue weighted by atomic mass is 10.2. The summed E-state index contributed by atoms with van der Waals surface area (Å²) in [5, 5.41) is 12.3. The van der Waals surface area contributed by atoms with Gasteiger partial charge in [0.2, 0.25) is 5.95 Å². The summed E-state index contributed by atoms with van der Waals surface area (Å²) in [4.78, 5) is 18.9. The Morgan fingerprint density at radius 1 is 1.45 bits per heavy atom. The minimum absolute atomic E-state index is 0.0725. The van der Waals surface area contributed by atoms with Gasteiger partial charge in [0, 0.05) is 11.9 Å². The molecule has 2 aromatic rings. The van der Waals surface area contributed by atoms with Crippen LogP contribution in [-0.4, -0.2) is 28.2 Å². The van der Waals surface area contributed by atoms with Gasteiger partial charge < -0.3 is 15.2 Å². The first-order chi connectivity index (χ1) is 9.51. The van der Waals surface area contributed by atoms with E-state index >= 15 is 0 Å². The molecule has 0 bridgehead atoms. The Morgan fingerprint density at radius 2 is 2.20 bits per heavy atom. The number of aromatic carboxylic acids is 1. The fraction of sp³-hybridized carbons (Fsp3) is 0.154. The number of ether oxygens (including phenoxy) is 1. The van der Waals surface area contributed by atoms with Gasteiger partial charge >= 0.3 is 5.97 Å². The van der Waals surface area contributed by atoms with E-state index in [2.05, 4.69) is 15.3 Å². The maximum absolute atomic E-state index is 10.9. The summed E-state index contributed by atoms with van der Waals surface area (Å²) in [6.45, 7) is 1.61. The third kappa shape index (κ3) is 2.97. The quantitative estimate of drug-likeness (QED) is 0.901. The molecule has 1 aromatic heterocycles. The number of carboxylic acid groups (broad SMARTS) is 1. The summed E-state index contributed by atoms with van der Waals surface area (Å²) in [5.41, 5.74) is 1.14. The molecule has 0 amide bonds. The molecule has 0 aliphatic carbocycles. The van der Waals surface area contributed by atoms with Crippen LogP contribution in [0.3, 0.4) is 0 Å². The number of benzene rings is 1. The summed E-state index contributed by atoms with van der Waals surface area (Å²) >= 11 is 6.01. The fourth-order valence-electron chi connectivity index (χ4n) is 1.61. The lowest BCUT2D eigenvalue weighted by Gasteiger charge is -2.08. The Labute approximate surface area is 120 Å². The van der Waals surface area contributed by atoms with Crippen LogP contribution in [0.2, 0.25) is 5.02 Å². The van der Waals surface area contributed by atoms with Crippen molar-refractivity contribution in [3.05, 3.63) is 40.7 Å². The molecule has 6 nitrogen and oxygen atoms in total. The highest BCUT2D eigenvalue weighted by atomic mass is 35.5. The number of aryl methyl sites for hydroxylation is 1. The highest BCUT2D eigenvalue weighted by Crippen LogP contribution is 2.28. The monoisotopic (exact) mass is 293 g/mol. The van der Waals surface area contributed by atoms with Gasteiger partial charge in [-0.15, -0.1) is 0 Å². The minimum atomic E-state index is -1.05. The van der Waals surface area contributed by atoms with E-state index in [1.807, 2.05) is 0 Å². The third-order valence-corrected chi connectivity index (χ3v) is 2.91. The van der Waals surface area contributed by atoms with Crippen LogP contribution in [0.4, 0.5) is 11.6 Å². The molecule has 104 valence electrons. The molecule has 1 aromatic carbocycles. The summed E-state index contributed by atoms with van der Waals surface area (Å²) in [6, 6.07) is 5.14. The molecular weight excluding hydrogens is 282 g/mol. The first-order valence-corrected chi connectivity index (χ1v) is 6.06. The molecule has 0 fully saturated rings. The third-order valence-electron chi connectivity index (χ3n) is 2.62. The molecular formula is C13H12ClN3O3. The average molecular weight is 294 g/mol. The van der Waals surface area contributed by atoms with Gasteiger partial charge in [-0.05, 0) is 25.1 Å². The number of nitrogens with zero attached hydrogens (tertiary/aromatic N) is 2. The van der Waals surface area contributed by atoms with Crippen molar-refractivity contribution < 1.29 is 14.6 Å². The summed E-state index contributed by atoms with van der Waals surface area (Å²) in [5.74, 6) is -0.189. The Morgan fingerprint density at radius 3 is 2.75 bits per heavy atom. The maximum Gasteiger partial charge on any atom is 0.339 e. The van der Waals surface area contributed by atoms with Gasteiger partial charge in [0.1, 0.15) is 5.75 Å². The highest BCUT2D eigenvalue weighted by Gasteiger charge is 2.10. The van der Waals surface area contributed by atoms with Gasteiger partial charge in [0.25, 0.3) is 0 Å². The summed E-state index contributed by atoms with van der Waals surface area (Å²) in [6.07, 6.45) is 1.26. The molecule has 2 N–H and O–H groups in total. The number of rotatable bonds is 4. The van der Waals surface area contributed by atoms with Crippen molar-refractivity contribution in [1.29, 1.82) is 0 Å². The maximum atomic E-state index is 10.9. The van der Waals surface area contributed by atoms with Crippen LogP contribution >= 0.6 is 11.6 Å². The number of carbonyl (C=O) groups is 1. The molecule has 0 radical (unpaired) electrons. The van der Waals surface area contributed by atoms with Crippen molar-refractivity contribution in [2.45, 2.75) is 6.92 Å². The highest BCUT2D eigenvalue weighted by molar-refractivity contribution is 6.32. The van der Waals surface area contributed by atoms with E-state index in [-0.39, 0.29) is 5.56 Å². The van der Waals surface area contributed by atoms with Crippen LogP contribution in [0.25, 0.3) is 0 Å². The van der Waals surface area contributed by atoms with Gasteiger partial charge in [-0.3, -0.25) is 0 Å². The van der Waals surface area contributed by atoms with Crippen molar-refractivity contribution in [2.24, 2.45) is 0 Å². The molecule has 0 spiro atoms. The van der Waals surface area contributed by atoms with E-state index < -0.39 is 5.97 Å². The van der Waals surface area contributed by atoms with Gasteiger partial charge in [0.15, 0.2) is 0 Å². The van der Waals surface area contributed by atoms with E-state index in [1.54, 1.807) is 25.1 Å². The molecule has 0 atom stereocenters. The lowest BCUT2D eigenvalue weighted by molar-refractivity contribution is 0.0695. The number of anilines is 2. The second-order valence-corrected chi connectivity index (χ2v) is 4.38. The standard InChI is InChI=1S/C13H12ClN3O3/c1-7-9(12(18)19)6-15-13(16-7)17-8-3-4-11(20-2)10(14)5-8/h3-6H,1-2H3,(H,18,19)(H,15,16,17). The first kappa shape index (κ1) is 14.1. The smallest absolute Gasteiger partial charge is 0.339 e. The average Bonchev–Trinajstić information content (AvgIpc) is 2.38. The van der Waals surface area contributed by atoms with Crippen LogP contribution in [0, 0.1) is 6.92 Å². The van der Waals surface area contributed by atoms with E-state index in [0.29, 0.717) is 28.1 Å². The van der Waals surface area contributed by atoms with Crippen LogP contribution in [-0.2, 0) is 0 Å². The molecule has 0 aliphatic heterocycles. The first-order valence-electron chi connectivity index (χ1n) is 5.68. The predicted molar refractivity (Wildman–Crippen MR) is 75.0 cm³/mol. The molecule has 0 saturated heterocycles. The van der Waals surface area contributed by atoms with Crippen LogP contribution < -0.4 is 10.1 Å². The van der Waals surface area contributed by atoms with Crippen molar-refractivity contribution in [3.8, 4) is 5.75 Å². The summed E-state index contributed by atoms with van der Waals surface area (Å²) in [7, 11) is 1.53.